The highest BCUT2D eigenvalue weighted by atomic mass is 32.1. The summed E-state index contributed by atoms with van der Waals surface area (Å²) in [6.07, 6.45) is -3.08. The first-order valence-electron chi connectivity index (χ1n) is 5.04. The average Bonchev–Trinajstić information content (AvgIpc) is 2.80. The van der Waals surface area contributed by atoms with E-state index >= 15 is 0 Å². The maximum Gasteiger partial charge on any atom is 0.573 e. The van der Waals surface area contributed by atoms with Crippen LogP contribution in [0.3, 0.4) is 0 Å². The first kappa shape index (κ1) is 12.7. The van der Waals surface area contributed by atoms with Crippen LogP contribution in [0, 0.1) is 0 Å². The number of halogens is 3. The molecule has 0 aliphatic heterocycles. The first-order chi connectivity index (χ1) is 8.49. The first-order valence-corrected chi connectivity index (χ1v) is 5.99. The molecule has 0 atom stereocenters. The third-order valence-corrected chi connectivity index (χ3v) is 2.99. The van der Waals surface area contributed by atoms with Crippen LogP contribution >= 0.6 is 11.3 Å². The molecule has 5 heteroatoms. The summed E-state index contributed by atoms with van der Waals surface area (Å²) >= 11 is 1.48. The third kappa shape index (κ3) is 2.92. The van der Waals surface area contributed by atoms with Gasteiger partial charge in [0.2, 0.25) is 0 Å². The summed E-state index contributed by atoms with van der Waals surface area (Å²) < 4.78 is 40.4. The summed E-state index contributed by atoms with van der Waals surface area (Å²) in [6, 6.07) is 6.04. The zero-order valence-corrected chi connectivity index (χ0v) is 10.0. The number of rotatable bonds is 3. The van der Waals surface area contributed by atoms with E-state index in [2.05, 4.69) is 11.3 Å². The van der Waals surface area contributed by atoms with Gasteiger partial charge in [0.1, 0.15) is 5.75 Å². The van der Waals surface area contributed by atoms with E-state index < -0.39 is 6.36 Å². The van der Waals surface area contributed by atoms with Gasteiger partial charge in [0.05, 0.1) is 0 Å². The standard InChI is InChI=1S/C13H9F3OS/c1-2-9-3-4-11(17-13(14,15)16)7-12(9)10-5-6-18-8-10/h2-8H,1H2. The summed E-state index contributed by atoms with van der Waals surface area (Å²) in [5.74, 6) is -0.227. The fraction of sp³-hybridized carbons (Fsp3) is 0.0769. The van der Waals surface area contributed by atoms with Gasteiger partial charge >= 0.3 is 6.36 Å². The molecular formula is C13H9F3OS. The molecule has 0 aliphatic carbocycles. The largest absolute Gasteiger partial charge is 0.573 e. The second-order valence-corrected chi connectivity index (χ2v) is 4.29. The van der Waals surface area contributed by atoms with Gasteiger partial charge in [-0.2, -0.15) is 11.3 Å². The van der Waals surface area contributed by atoms with Crippen molar-refractivity contribution in [3.63, 3.8) is 0 Å². The lowest BCUT2D eigenvalue weighted by molar-refractivity contribution is -0.274. The molecule has 0 bridgehead atoms. The third-order valence-electron chi connectivity index (χ3n) is 2.31. The van der Waals surface area contributed by atoms with Crippen molar-refractivity contribution in [3.8, 4) is 16.9 Å². The maximum absolute atomic E-state index is 12.2. The molecule has 0 aliphatic rings. The molecule has 1 aromatic carbocycles. The highest BCUT2D eigenvalue weighted by molar-refractivity contribution is 7.08. The molecule has 2 aromatic rings. The Morgan fingerprint density at radius 1 is 1.22 bits per heavy atom. The molecule has 0 spiro atoms. The van der Waals surface area contributed by atoms with E-state index in [0.717, 1.165) is 11.1 Å². The fourth-order valence-electron chi connectivity index (χ4n) is 1.58. The van der Waals surface area contributed by atoms with Crippen molar-refractivity contribution in [2.75, 3.05) is 0 Å². The van der Waals surface area contributed by atoms with E-state index in [9.17, 15) is 13.2 Å². The van der Waals surface area contributed by atoms with Crippen LogP contribution in [0.1, 0.15) is 5.56 Å². The minimum Gasteiger partial charge on any atom is -0.406 e. The van der Waals surface area contributed by atoms with E-state index in [1.165, 1.54) is 23.5 Å². The van der Waals surface area contributed by atoms with Crippen LogP contribution in [0.25, 0.3) is 17.2 Å². The van der Waals surface area contributed by atoms with Crippen LogP contribution in [0.15, 0.2) is 41.6 Å². The smallest absolute Gasteiger partial charge is 0.406 e. The van der Waals surface area contributed by atoms with E-state index in [0.29, 0.717) is 5.56 Å². The number of hydrogen-bond acceptors (Lipinski definition) is 2. The second-order valence-electron chi connectivity index (χ2n) is 3.51. The predicted octanol–water partition coefficient (Wildman–Crippen LogP) is 4.96. The van der Waals surface area contributed by atoms with Gasteiger partial charge in [0.15, 0.2) is 0 Å². The molecule has 2 rings (SSSR count). The maximum atomic E-state index is 12.2. The predicted molar refractivity (Wildman–Crippen MR) is 66.5 cm³/mol. The van der Waals surface area contributed by atoms with Crippen molar-refractivity contribution >= 4 is 17.4 Å². The minimum atomic E-state index is -4.68. The zero-order valence-electron chi connectivity index (χ0n) is 9.20. The van der Waals surface area contributed by atoms with Gasteiger partial charge in [-0.05, 0) is 45.6 Å². The minimum absolute atomic E-state index is 0.227. The number of thiophene rings is 1. The Kier molecular flexibility index (Phi) is 3.43. The fourth-order valence-corrected chi connectivity index (χ4v) is 2.23. The molecule has 1 aromatic heterocycles. The van der Waals surface area contributed by atoms with Crippen molar-refractivity contribution in [1.82, 2.24) is 0 Å². The molecule has 1 nitrogen and oxygen atoms in total. The van der Waals surface area contributed by atoms with Gasteiger partial charge < -0.3 is 4.74 Å². The lowest BCUT2D eigenvalue weighted by atomic mass is 10.0. The average molecular weight is 270 g/mol. The van der Waals surface area contributed by atoms with Gasteiger partial charge in [0, 0.05) is 0 Å². The van der Waals surface area contributed by atoms with Crippen LogP contribution in [0.5, 0.6) is 5.75 Å². The summed E-state index contributed by atoms with van der Waals surface area (Å²) in [5.41, 5.74) is 2.29. The summed E-state index contributed by atoms with van der Waals surface area (Å²) in [5, 5.41) is 3.72. The number of alkyl halides is 3. The normalized spacial score (nSPS) is 11.3. The quantitative estimate of drug-likeness (QED) is 0.766. The molecule has 94 valence electrons. The molecular weight excluding hydrogens is 261 g/mol. The van der Waals surface area contributed by atoms with Crippen molar-refractivity contribution < 1.29 is 17.9 Å². The van der Waals surface area contributed by atoms with Crippen LogP contribution in [-0.2, 0) is 0 Å². The highest BCUT2D eigenvalue weighted by Crippen LogP contribution is 2.32. The van der Waals surface area contributed by atoms with Gasteiger partial charge in [0.25, 0.3) is 0 Å². The monoisotopic (exact) mass is 270 g/mol. The summed E-state index contributed by atoms with van der Waals surface area (Å²) in [7, 11) is 0. The Morgan fingerprint density at radius 3 is 2.56 bits per heavy atom. The van der Waals surface area contributed by atoms with Gasteiger partial charge in [-0.25, -0.2) is 0 Å². The van der Waals surface area contributed by atoms with E-state index in [4.69, 9.17) is 0 Å². The molecule has 0 saturated carbocycles. The molecule has 0 radical (unpaired) electrons. The van der Waals surface area contributed by atoms with E-state index in [-0.39, 0.29) is 5.75 Å². The lowest BCUT2D eigenvalue weighted by Gasteiger charge is -2.11. The van der Waals surface area contributed by atoms with Crippen LogP contribution in [0.4, 0.5) is 13.2 Å². The Hall–Kier alpha value is -1.75. The molecule has 0 unspecified atom stereocenters. The molecule has 0 amide bonds. The van der Waals surface area contributed by atoms with Crippen molar-refractivity contribution in [2.45, 2.75) is 6.36 Å². The zero-order chi connectivity index (χ0) is 13.2. The van der Waals surface area contributed by atoms with Crippen LogP contribution in [0.2, 0.25) is 0 Å². The van der Waals surface area contributed by atoms with Crippen molar-refractivity contribution in [1.29, 1.82) is 0 Å². The van der Waals surface area contributed by atoms with Crippen molar-refractivity contribution in [3.05, 3.63) is 47.2 Å². The Morgan fingerprint density at radius 2 is 2.00 bits per heavy atom. The number of hydrogen-bond donors (Lipinski definition) is 0. The molecule has 1 heterocycles. The second kappa shape index (κ2) is 4.86. The van der Waals surface area contributed by atoms with Gasteiger partial charge in [-0.15, -0.1) is 13.2 Å². The van der Waals surface area contributed by atoms with Crippen LogP contribution < -0.4 is 4.74 Å². The number of ether oxygens (including phenoxy) is 1. The Balaban J connectivity index is 2.43. The molecule has 0 saturated heterocycles. The van der Waals surface area contributed by atoms with Gasteiger partial charge in [-0.3, -0.25) is 0 Å². The van der Waals surface area contributed by atoms with Crippen LogP contribution in [-0.4, -0.2) is 6.36 Å². The van der Waals surface area contributed by atoms with Gasteiger partial charge in [-0.1, -0.05) is 18.7 Å². The molecule has 0 N–H and O–H groups in total. The SMILES string of the molecule is C=Cc1ccc(OC(F)(F)F)cc1-c1ccsc1. The highest BCUT2D eigenvalue weighted by Gasteiger charge is 2.31. The summed E-state index contributed by atoms with van der Waals surface area (Å²) in [6.45, 7) is 3.65. The number of benzene rings is 1. The van der Waals surface area contributed by atoms with E-state index in [1.807, 2.05) is 16.8 Å². The van der Waals surface area contributed by atoms with Crippen molar-refractivity contribution in [2.24, 2.45) is 0 Å². The van der Waals surface area contributed by atoms with E-state index in [1.54, 1.807) is 12.1 Å². The molecule has 0 fully saturated rings. The molecule has 18 heavy (non-hydrogen) atoms. The Bertz CT molecular complexity index is 544. The lowest BCUT2D eigenvalue weighted by Crippen LogP contribution is -2.17. The topological polar surface area (TPSA) is 9.23 Å². The summed E-state index contributed by atoms with van der Waals surface area (Å²) in [4.78, 5) is 0. The Labute approximate surface area is 106 Å².